The van der Waals surface area contributed by atoms with E-state index in [0.29, 0.717) is 16.7 Å². The Morgan fingerprint density at radius 1 is 1.00 bits per heavy atom. The quantitative estimate of drug-likeness (QED) is 0.717. The summed E-state index contributed by atoms with van der Waals surface area (Å²) >= 11 is 0. The number of carbonyl (C=O) groups excluding carboxylic acids is 1. The van der Waals surface area contributed by atoms with Crippen LogP contribution in [0.15, 0.2) is 42.5 Å². The number of ketones is 1. The number of hydrogen-bond donors (Lipinski definition) is 0. The van der Waals surface area contributed by atoms with E-state index >= 15 is 0 Å². The van der Waals surface area contributed by atoms with E-state index in [0.717, 1.165) is 5.56 Å². The summed E-state index contributed by atoms with van der Waals surface area (Å²) in [5, 5.41) is 0. The van der Waals surface area contributed by atoms with Gasteiger partial charge in [-0.25, -0.2) is 4.39 Å². The summed E-state index contributed by atoms with van der Waals surface area (Å²) in [4.78, 5) is 12.1. The zero-order valence-corrected chi connectivity index (χ0v) is 9.83. The van der Waals surface area contributed by atoms with E-state index in [2.05, 4.69) is 0 Å². The van der Waals surface area contributed by atoms with Crippen molar-refractivity contribution in [1.82, 2.24) is 0 Å². The van der Waals surface area contributed by atoms with E-state index in [1.54, 1.807) is 31.2 Å². The van der Waals surface area contributed by atoms with Crippen LogP contribution in [0.1, 0.15) is 27.0 Å². The van der Waals surface area contributed by atoms with Crippen molar-refractivity contribution >= 4 is 5.78 Å². The number of carbonyl (C=O) groups is 1. The van der Waals surface area contributed by atoms with Crippen molar-refractivity contribution in [3.8, 4) is 0 Å². The zero-order valence-electron chi connectivity index (χ0n) is 9.83. The molecular formula is C15H13FO. The standard InChI is InChI=1S/C15H13FO/c1-10-4-3-5-12(8-10)15(17)13-7-6-11(2)14(16)9-13/h3-9H,1-2H3. The third-order valence-electron chi connectivity index (χ3n) is 2.71. The summed E-state index contributed by atoms with van der Waals surface area (Å²) in [5.74, 6) is -0.490. The number of aryl methyl sites for hydroxylation is 2. The van der Waals surface area contributed by atoms with Crippen molar-refractivity contribution in [1.29, 1.82) is 0 Å². The summed E-state index contributed by atoms with van der Waals surface area (Å²) in [7, 11) is 0. The molecule has 86 valence electrons. The van der Waals surface area contributed by atoms with Gasteiger partial charge in [0.1, 0.15) is 5.82 Å². The number of halogens is 1. The van der Waals surface area contributed by atoms with Crippen LogP contribution in [0.4, 0.5) is 4.39 Å². The highest BCUT2D eigenvalue weighted by Gasteiger charge is 2.10. The molecule has 0 radical (unpaired) electrons. The molecular weight excluding hydrogens is 215 g/mol. The fraction of sp³-hybridized carbons (Fsp3) is 0.133. The molecule has 0 spiro atoms. The van der Waals surface area contributed by atoms with Crippen molar-refractivity contribution in [2.45, 2.75) is 13.8 Å². The highest BCUT2D eigenvalue weighted by atomic mass is 19.1. The number of hydrogen-bond acceptors (Lipinski definition) is 1. The van der Waals surface area contributed by atoms with Gasteiger partial charge in [-0.3, -0.25) is 4.79 Å². The molecule has 0 amide bonds. The molecule has 2 rings (SSSR count). The molecule has 0 N–H and O–H groups in total. The maximum Gasteiger partial charge on any atom is 0.193 e. The third kappa shape index (κ3) is 2.41. The average Bonchev–Trinajstić information content (AvgIpc) is 2.32. The molecule has 2 aromatic rings. The summed E-state index contributed by atoms with van der Waals surface area (Å²) in [5.41, 5.74) is 2.54. The van der Waals surface area contributed by atoms with Gasteiger partial charge >= 0.3 is 0 Å². The molecule has 0 unspecified atom stereocenters. The van der Waals surface area contributed by atoms with Crippen molar-refractivity contribution in [2.75, 3.05) is 0 Å². The van der Waals surface area contributed by atoms with Gasteiger partial charge in [-0.15, -0.1) is 0 Å². The Balaban J connectivity index is 2.40. The van der Waals surface area contributed by atoms with E-state index in [1.807, 2.05) is 19.1 Å². The van der Waals surface area contributed by atoms with Gasteiger partial charge in [0.05, 0.1) is 0 Å². The van der Waals surface area contributed by atoms with Crippen molar-refractivity contribution < 1.29 is 9.18 Å². The van der Waals surface area contributed by atoms with E-state index in [-0.39, 0.29) is 11.6 Å². The SMILES string of the molecule is Cc1cccc(C(=O)c2ccc(C)c(F)c2)c1. The summed E-state index contributed by atoms with van der Waals surface area (Å²) in [6, 6.07) is 11.9. The first-order valence-electron chi connectivity index (χ1n) is 5.45. The lowest BCUT2D eigenvalue weighted by Gasteiger charge is -2.03. The molecule has 0 aromatic heterocycles. The molecule has 0 fully saturated rings. The number of rotatable bonds is 2. The van der Waals surface area contributed by atoms with Gasteiger partial charge in [0.15, 0.2) is 5.78 Å². The lowest BCUT2D eigenvalue weighted by Crippen LogP contribution is -2.02. The van der Waals surface area contributed by atoms with Gasteiger partial charge in [0.25, 0.3) is 0 Å². The second kappa shape index (κ2) is 4.50. The Kier molecular flexibility index (Phi) is 3.05. The minimum Gasteiger partial charge on any atom is -0.289 e. The maximum atomic E-state index is 13.4. The molecule has 2 aromatic carbocycles. The highest BCUT2D eigenvalue weighted by molar-refractivity contribution is 6.09. The summed E-state index contributed by atoms with van der Waals surface area (Å²) < 4.78 is 13.4. The van der Waals surface area contributed by atoms with E-state index in [1.165, 1.54) is 6.07 Å². The van der Waals surface area contributed by atoms with Crippen LogP contribution < -0.4 is 0 Å². The lowest BCUT2D eigenvalue weighted by molar-refractivity contribution is 0.103. The molecule has 0 aliphatic rings. The first kappa shape index (κ1) is 11.5. The molecule has 0 aliphatic heterocycles. The highest BCUT2D eigenvalue weighted by Crippen LogP contribution is 2.14. The Morgan fingerprint density at radius 3 is 2.35 bits per heavy atom. The van der Waals surface area contributed by atoms with Gasteiger partial charge in [0.2, 0.25) is 0 Å². The Labute approximate surface area is 99.9 Å². The Morgan fingerprint density at radius 2 is 1.71 bits per heavy atom. The molecule has 1 nitrogen and oxygen atoms in total. The average molecular weight is 228 g/mol. The van der Waals surface area contributed by atoms with Crippen molar-refractivity contribution in [2.24, 2.45) is 0 Å². The van der Waals surface area contributed by atoms with E-state index < -0.39 is 0 Å². The molecule has 0 heterocycles. The predicted molar refractivity (Wildman–Crippen MR) is 65.7 cm³/mol. The van der Waals surface area contributed by atoms with Crippen molar-refractivity contribution in [3.05, 3.63) is 70.5 Å². The van der Waals surface area contributed by atoms with Crippen LogP contribution >= 0.6 is 0 Å². The molecule has 0 aliphatic carbocycles. The smallest absolute Gasteiger partial charge is 0.193 e. The molecule has 17 heavy (non-hydrogen) atoms. The Hall–Kier alpha value is -1.96. The van der Waals surface area contributed by atoms with Gasteiger partial charge in [-0.2, -0.15) is 0 Å². The zero-order chi connectivity index (χ0) is 12.4. The van der Waals surface area contributed by atoms with Gasteiger partial charge in [0, 0.05) is 11.1 Å². The van der Waals surface area contributed by atoms with Crippen LogP contribution in [0.2, 0.25) is 0 Å². The topological polar surface area (TPSA) is 17.1 Å². The van der Waals surface area contributed by atoms with Crippen LogP contribution in [0.5, 0.6) is 0 Å². The van der Waals surface area contributed by atoms with Crippen LogP contribution in [0.3, 0.4) is 0 Å². The second-order valence-corrected chi connectivity index (χ2v) is 4.16. The fourth-order valence-electron chi connectivity index (χ4n) is 1.69. The van der Waals surface area contributed by atoms with Gasteiger partial charge < -0.3 is 0 Å². The Bertz CT molecular complexity index is 573. The largest absolute Gasteiger partial charge is 0.289 e. The number of benzene rings is 2. The van der Waals surface area contributed by atoms with E-state index in [9.17, 15) is 9.18 Å². The molecule has 0 saturated heterocycles. The monoisotopic (exact) mass is 228 g/mol. The normalized spacial score (nSPS) is 10.3. The van der Waals surface area contributed by atoms with Crippen LogP contribution in [0, 0.1) is 19.7 Å². The van der Waals surface area contributed by atoms with E-state index in [4.69, 9.17) is 0 Å². The van der Waals surface area contributed by atoms with Crippen LogP contribution in [0.25, 0.3) is 0 Å². The lowest BCUT2D eigenvalue weighted by atomic mass is 10.0. The second-order valence-electron chi connectivity index (χ2n) is 4.16. The first-order chi connectivity index (χ1) is 8.08. The minimum absolute atomic E-state index is 0.146. The maximum absolute atomic E-state index is 13.4. The third-order valence-corrected chi connectivity index (χ3v) is 2.71. The van der Waals surface area contributed by atoms with Crippen molar-refractivity contribution in [3.63, 3.8) is 0 Å². The van der Waals surface area contributed by atoms with Crippen LogP contribution in [-0.4, -0.2) is 5.78 Å². The molecule has 0 atom stereocenters. The fourth-order valence-corrected chi connectivity index (χ4v) is 1.69. The van der Waals surface area contributed by atoms with Gasteiger partial charge in [-0.1, -0.05) is 35.9 Å². The first-order valence-corrected chi connectivity index (χ1v) is 5.45. The van der Waals surface area contributed by atoms with Gasteiger partial charge in [-0.05, 0) is 31.5 Å². The molecule has 2 heteroatoms. The molecule has 0 saturated carbocycles. The molecule has 0 bridgehead atoms. The minimum atomic E-state index is -0.344. The predicted octanol–water partition coefficient (Wildman–Crippen LogP) is 3.67. The summed E-state index contributed by atoms with van der Waals surface area (Å²) in [6.07, 6.45) is 0. The summed E-state index contributed by atoms with van der Waals surface area (Å²) in [6.45, 7) is 3.60. The van der Waals surface area contributed by atoms with Crippen LogP contribution in [-0.2, 0) is 0 Å².